The molecule has 6 N–H and O–H groups in total. The van der Waals surface area contributed by atoms with Crippen molar-refractivity contribution in [3.05, 3.63) is 0 Å². The maximum atomic E-state index is 10.8. The predicted octanol–water partition coefficient (Wildman–Crippen LogP) is -1.27. The second-order valence-electron chi connectivity index (χ2n) is 2.94. The maximum absolute atomic E-state index is 10.8. The average Bonchev–Trinajstić information content (AvgIpc) is 1.98. The molecule has 14 heavy (non-hydrogen) atoms. The largest absolute Gasteiger partial charge is 0.370 e. The van der Waals surface area contributed by atoms with Crippen molar-refractivity contribution in [1.82, 2.24) is 0 Å². The summed E-state index contributed by atoms with van der Waals surface area (Å²) in [5.74, 6) is 0.539. The van der Waals surface area contributed by atoms with Gasteiger partial charge in [-0.2, -0.15) is 4.99 Å². The molecule has 0 fully saturated rings. The van der Waals surface area contributed by atoms with Crippen molar-refractivity contribution >= 4 is 22.7 Å². The monoisotopic (exact) mass is 219 g/mol. The molecule has 0 aliphatic rings. The van der Waals surface area contributed by atoms with Gasteiger partial charge < -0.3 is 17.2 Å². The summed E-state index contributed by atoms with van der Waals surface area (Å²) in [7, 11) is -0.807. The Morgan fingerprint density at radius 3 is 2.43 bits per heavy atom. The lowest BCUT2D eigenvalue weighted by Gasteiger charge is -2.04. The molecule has 0 aliphatic heterocycles. The topological polar surface area (TPSA) is 120 Å². The predicted molar refractivity (Wildman–Crippen MR) is 60.4 cm³/mol. The highest BCUT2D eigenvalue weighted by molar-refractivity contribution is 7.84. The lowest BCUT2D eigenvalue weighted by molar-refractivity contribution is 0.671. The van der Waals surface area contributed by atoms with Gasteiger partial charge in [-0.1, -0.05) is 0 Å². The quantitative estimate of drug-likeness (QED) is 0.403. The molecule has 0 aromatic rings. The zero-order chi connectivity index (χ0) is 11.1. The van der Waals surface area contributed by atoms with Gasteiger partial charge in [-0.05, 0) is 13.3 Å². The highest BCUT2D eigenvalue weighted by Crippen LogP contribution is 1.97. The van der Waals surface area contributed by atoms with Crippen LogP contribution in [0.3, 0.4) is 0 Å². The zero-order valence-electron chi connectivity index (χ0n) is 8.43. The Kier molecular flexibility index (Phi) is 5.86. The number of guanidine groups is 2. The molecule has 0 heterocycles. The minimum Gasteiger partial charge on any atom is -0.370 e. The maximum Gasteiger partial charge on any atom is 0.218 e. The summed E-state index contributed by atoms with van der Waals surface area (Å²) in [6.07, 6.45) is 2.35. The van der Waals surface area contributed by atoms with Gasteiger partial charge in [0.25, 0.3) is 0 Å². The first-order valence-corrected chi connectivity index (χ1v) is 5.87. The van der Waals surface area contributed by atoms with E-state index in [2.05, 4.69) is 9.98 Å². The third-order valence-electron chi connectivity index (χ3n) is 1.42. The summed E-state index contributed by atoms with van der Waals surface area (Å²) in [4.78, 5) is 7.57. The van der Waals surface area contributed by atoms with Crippen LogP contribution in [-0.4, -0.2) is 34.2 Å². The molecule has 6 nitrogen and oxygen atoms in total. The van der Waals surface area contributed by atoms with E-state index in [1.807, 2.05) is 6.92 Å². The van der Waals surface area contributed by atoms with E-state index in [4.69, 9.17) is 17.2 Å². The van der Waals surface area contributed by atoms with Crippen molar-refractivity contribution < 1.29 is 4.21 Å². The van der Waals surface area contributed by atoms with Gasteiger partial charge >= 0.3 is 0 Å². The summed E-state index contributed by atoms with van der Waals surface area (Å²) in [6, 6.07) is -0.0259. The Labute approximate surface area is 86.1 Å². The molecule has 0 aromatic heterocycles. The molecule has 0 amide bonds. The molecule has 0 aliphatic carbocycles. The minimum absolute atomic E-state index is 0.0259. The van der Waals surface area contributed by atoms with E-state index in [1.54, 1.807) is 6.26 Å². The normalized spacial score (nSPS) is 16.0. The van der Waals surface area contributed by atoms with Crippen LogP contribution in [0, 0.1) is 0 Å². The fraction of sp³-hybridized carbons (Fsp3) is 0.714. The molecule has 2 unspecified atom stereocenters. The first-order valence-electron chi connectivity index (χ1n) is 4.14. The molecule has 0 bridgehead atoms. The fourth-order valence-corrected chi connectivity index (χ4v) is 1.46. The van der Waals surface area contributed by atoms with E-state index < -0.39 is 10.8 Å². The average molecular weight is 219 g/mol. The summed E-state index contributed by atoms with van der Waals surface area (Å²) < 4.78 is 10.8. The molecule has 0 saturated heterocycles. The van der Waals surface area contributed by atoms with E-state index >= 15 is 0 Å². The number of nitrogens with two attached hydrogens (primary N) is 3. The van der Waals surface area contributed by atoms with E-state index in [0.29, 0.717) is 12.2 Å². The van der Waals surface area contributed by atoms with Crippen molar-refractivity contribution in [2.24, 2.45) is 27.2 Å². The van der Waals surface area contributed by atoms with Gasteiger partial charge in [-0.3, -0.25) is 4.21 Å². The molecule has 0 saturated carbocycles. The molecule has 0 aromatic carbocycles. The lowest BCUT2D eigenvalue weighted by atomic mass is 10.3. The van der Waals surface area contributed by atoms with Crippen molar-refractivity contribution in [3.8, 4) is 0 Å². The first kappa shape index (κ1) is 12.9. The third kappa shape index (κ3) is 7.53. The summed E-state index contributed by atoms with van der Waals surface area (Å²) in [6.45, 7) is 1.86. The van der Waals surface area contributed by atoms with Crippen LogP contribution in [0.5, 0.6) is 0 Å². The highest BCUT2D eigenvalue weighted by atomic mass is 32.2. The third-order valence-corrected chi connectivity index (χ3v) is 2.23. The SMILES string of the molecule is CC(CCS(C)=O)N=C(N)N=C(N)N. The Hall–Kier alpha value is -1.11. The highest BCUT2D eigenvalue weighted by Gasteiger charge is 2.01. The van der Waals surface area contributed by atoms with E-state index in [1.165, 1.54) is 0 Å². The smallest absolute Gasteiger partial charge is 0.218 e. The van der Waals surface area contributed by atoms with Crippen LogP contribution in [0.15, 0.2) is 9.98 Å². The number of hydrogen-bond acceptors (Lipinski definition) is 2. The van der Waals surface area contributed by atoms with Crippen molar-refractivity contribution in [2.45, 2.75) is 19.4 Å². The second kappa shape index (κ2) is 6.36. The van der Waals surface area contributed by atoms with Crippen molar-refractivity contribution in [3.63, 3.8) is 0 Å². The number of rotatable bonds is 4. The van der Waals surface area contributed by atoms with Crippen LogP contribution < -0.4 is 17.2 Å². The number of aliphatic imine (C=N–C) groups is 2. The van der Waals surface area contributed by atoms with Gasteiger partial charge in [0, 0.05) is 22.8 Å². The van der Waals surface area contributed by atoms with Crippen molar-refractivity contribution in [1.29, 1.82) is 0 Å². The first-order chi connectivity index (χ1) is 6.41. The van der Waals surface area contributed by atoms with Gasteiger partial charge in [-0.25, -0.2) is 4.99 Å². The van der Waals surface area contributed by atoms with Crippen LogP contribution >= 0.6 is 0 Å². The number of nitrogens with zero attached hydrogens (tertiary/aromatic N) is 2. The Morgan fingerprint density at radius 1 is 1.43 bits per heavy atom. The second-order valence-corrected chi connectivity index (χ2v) is 4.49. The molecular formula is C7H17N5OS. The Bertz CT molecular complexity index is 259. The molecule has 0 spiro atoms. The summed E-state index contributed by atoms with van der Waals surface area (Å²) in [5.41, 5.74) is 15.6. The summed E-state index contributed by atoms with van der Waals surface area (Å²) in [5, 5.41) is 0. The molecular weight excluding hydrogens is 202 g/mol. The summed E-state index contributed by atoms with van der Waals surface area (Å²) >= 11 is 0. The molecule has 7 heteroatoms. The van der Waals surface area contributed by atoms with Gasteiger partial charge in [-0.15, -0.1) is 0 Å². The number of hydrogen-bond donors (Lipinski definition) is 3. The lowest BCUT2D eigenvalue weighted by Crippen LogP contribution is -2.27. The molecule has 0 rings (SSSR count). The van der Waals surface area contributed by atoms with Crippen molar-refractivity contribution in [2.75, 3.05) is 12.0 Å². The van der Waals surface area contributed by atoms with E-state index in [0.717, 1.165) is 0 Å². The standard InChI is InChI=1S/C7H17N5OS/c1-5(3-4-14(2)13)11-7(10)12-6(8)9/h5H,3-4H2,1-2H3,(H6,8,9,10,11,12). The Balaban J connectivity index is 4.08. The van der Waals surface area contributed by atoms with Gasteiger partial charge in [0.05, 0.1) is 6.04 Å². The van der Waals surface area contributed by atoms with Gasteiger partial charge in [0.1, 0.15) is 0 Å². The molecule has 0 radical (unpaired) electrons. The van der Waals surface area contributed by atoms with Crippen LogP contribution in [0.2, 0.25) is 0 Å². The van der Waals surface area contributed by atoms with E-state index in [9.17, 15) is 4.21 Å². The minimum atomic E-state index is -0.807. The van der Waals surface area contributed by atoms with Crippen LogP contribution in [0.1, 0.15) is 13.3 Å². The van der Waals surface area contributed by atoms with E-state index in [-0.39, 0.29) is 18.0 Å². The molecule has 2 atom stereocenters. The molecule has 82 valence electrons. The Morgan fingerprint density at radius 2 is 2.00 bits per heavy atom. The van der Waals surface area contributed by atoms with Gasteiger partial charge in [0.15, 0.2) is 5.96 Å². The zero-order valence-corrected chi connectivity index (χ0v) is 9.25. The van der Waals surface area contributed by atoms with Gasteiger partial charge in [0.2, 0.25) is 5.96 Å². The van der Waals surface area contributed by atoms with Crippen LogP contribution in [0.4, 0.5) is 0 Å². The fourth-order valence-electron chi connectivity index (χ4n) is 0.788. The van der Waals surface area contributed by atoms with Crippen LogP contribution in [0.25, 0.3) is 0 Å². The van der Waals surface area contributed by atoms with Crippen LogP contribution in [-0.2, 0) is 10.8 Å².